The SMILES string of the molecule is CCCCCC/C=C\C=C/CCCCCCCC(=O)OC[C@H](COP(=O)(O)OC[C@@H](O)COP(=O)(O)OC[C@@H](COC(=O)CCCCCCCCCCC)OC(=O)CCCCCCCCCCCCC(C)C)OC(=O)CCCCCCCCCCCCCCCCCCCCCCC. The second-order valence-corrected chi connectivity index (χ2v) is 31.2. The van der Waals surface area contributed by atoms with Crippen molar-refractivity contribution in [3.05, 3.63) is 24.3 Å². The number of carbonyl (C=O) groups is 4. The maximum atomic E-state index is 13.1. The lowest BCUT2D eigenvalue weighted by Gasteiger charge is -2.21. The molecule has 98 heavy (non-hydrogen) atoms. The molecule has 0 fully saturated rings. The van der Waals surface area contributed by atoms with Crippen molar-refractivity contribution in [2.75, 3.05) is 39.6 Å². The Morgan fingerprint density at radius 1 is 0.316 bits per heavy atom. The van der Waals surface area contributed by atoms with Crippen LogP contribution in [-0.2, 0) is 65.4 Å². The smallest absolute Gasteiger partial charge is 0.462 e. The van der Waals surface area contributed by atoms with Crippen molar-refractivity contribution in [3.63, 3.8) is 0 Å². The summed E-state index contributed by atoms with van der Waals surface area (Å²) in [5, 5.41) is 10.6. The molecule has 0 heterocycles. The Morgan fingerprint density at radius 2 is 0.551 bits per heavy atom. The summed E-state index contributed by atoms with van der Waals surface area (Å²) < 4.78 is 68.5. The van der Waals surface area contributed by atoms with E-state index in [1.165, 1.54) is 199 Å². The van der Waals surface area contributed by atoms with Gasteiger partial charge in [-0.15, -0.1) is 0 Å². The molecule has 5 atom stereocenters. The highest BCUT2D eigenvalue weighted by molar-refractivity contribution is 7.47. The molecule has 2 unspecified atom stereocenters. The van der Waals surface area contributed by atoms with Gasteiger partial charge in [-0.3, -0.25) is 37.3 Å². The maximum Gasteiger partial charge on any atom is 0.472 e. The van der Waals surface area contributed by atoms with Crippen molar-refractivity contribution in [1.29, 1.82) is 0 Å². The molecule has 0 saturated heterocycles. The van der Waals surface area contributed by atoms with Crippen molar-refractivity contribution in [1.82, 2.24) is 0 Å². The van der Waals surface area contributed by atoms with Crippen molar-refractivity contribution in [2.24, 2.45) is 5.92 Å². The quantitative estimate of drug-likeness (QED) is 0.0169. The van der Waals surface area contributed by atoms with Crippen LogP contribution < -0.4 is 0 Å². The third-order valence-electron chi connectivity index (χ3n) is 17.9. The second-order valence-electron chi connectivity index (χ2n) is 28.2. The topological polar surface area (TPSA) is 237 Å². The van der Waals surface area contributed by atoms with E-state index in [4.69, 9.17) is 37.0 Å². The molecule has 0 spiro atoms. The van der Waals surface area contributed by atoms with E-state index in [-0.39, 0.29) is 25.7 Å². The van der Waals surface area contributed by atoms with Crippen LogP contribution in [0.2, 0.25) is 0 Å². The predicted molar refractivity (Wildman–Crippen MR) is 400 cm³/mol. The van der Waals surface area contributed by atoms with Crippen LogP contribution in [0.15, 0.2) is 24.3 Å². The molecule has 0 aromatic heterocycles. The van der Waals surface area contributed by atoms with Crippen molar-refractivity contribution >= 4 is 39.5 Å². The number of ether oxygens (including phenoxy) is 4. The van der Waals surface area contributed by atoms with E-state index in [2.05, 4.69) is 58.9 Å². The van der Waals surface area contributed by atoms with E-state index >= 15 is 0 Å². The van der Waals surface area contributed by atoms with Gasteiger partial charge >= 0.3 is 39.5 Å². The Hall–Kier alpha value is -2.46. The lowest BCUT2D eigenvalue weighted by Crippen LogP contribution is -2.30. The number of unbranched alkanes of at least 4 members (excludes halogenated alkanes) is 46. The first kappa shape index (κ1) is 95.5. The van der Waals surface area contributed by atoms with E-state index in [1.807, 2.05) is 0 Å². The minimum Gasteiger partial charge on any atom is -0.462 e. The third-order valence-corrected chi connectivity index (χ3v) is 19.8. The van der Waals surface area contributed by atoms with Gasteiger partial charge in [-0.1, -0.05) is 341 Å². The monoisotopic (exact) mass is 1430 g/mol. The number of rotatable bonds is 77. The number of aliphatic hydroxyl groups is 1. The molecule has 17 nitrogen and oxygen atoms in total. The summed E-state index contributed by atoms with van der Waals surface area (Å²) in [6.07, 6.45) is 64.7. The van der Waals surface area contributed by atoms with Crippen LogP contribution in [0.4, 0.5) is 0 Å². The van der Waals surface area contributed by atoms with Gasteiger partial charge in [0.05, 0.1) is 26.4 Å². The molecule has 0 rings (SSSR count). The van der Waals surface area contributed by atoms with E-state index in [0.29, 0.717) is 25.7 Å². The summed E-state index contributed by atoms with van der Waals surface area (Å²) >= 11 is 0. The Balaban J connectivity index is 5.23. The average molecular weight is 1430 g/mol. The Labute approximate surface area is 599 Å². The van der Waals surface area contributed by atoms with E-state index in [1.54, 1.807) is 0 Å². The summed E-state index contributed by atoms with van der Waals surface area (Å²) in [6.45, 7) is 7.21. The summed E-state index contributed by atoms with van der Waals surface area (Å²) in [5.74, 6) is -1.39. The molecule has 0 bridgehead atoms. The first-order chi connectivity index (χ1) is 47.5. The Bertz CT molecular complexity index is 1970. The molecule has 0 saturated carbocycles. The van der Waals surface area contributed by atoms with Gasteiger partial charge in [-0.05, 0) is 57.3 Å². The number of phosphoric ester groups is 2. The molecular weight excluding hydrogens is 1280 g/mol. The molecule has 3 N–H and O–H groups in total. The second kappa shape index (κ2) is 71.5. The Kier molecular flexibility index (Phi) is 69.7. The van der Waals surface area contributed by atoms with Crippen molar-refractivity contribution < 1.29 is 80.2 Å². The standard InChI is InChI=1S/C79H150O17P2/c1-6-9-12-15-18-21-23-25-27-28-29-30-31-32-34-36-38-44-49-54-59-64-78(83)95-75(69-90-77(82)63-58-53-48-43-37-35-33-26-24-22-19-16-13-10-7-2)71-94-98(87,88)92-67-73(80)66-91-97(85,86)93-70-74(68-89-76(81)62-57-52-47-41-20-17-14-11-8-3)96-79(84)65-60-55-50-45-40-39-42-46-51-56-61-72(4)5/h22,24,26,33,72-75,80H,6-21,23,25,27-32,34-71H2,1-5H3,(H,85,86)(H,87,88)/b24-22-,33-26-/t73-,74+,75+/m0/s1. The fraction of sp³-hybridized carbons (Fsp3) is 0.899. The van der Waals surface area contributed by atoms with Crippen LogP contribution in [0.5, 0.6) is 0 Å². The fourth-order valence-electron chi connectivity index (χ4n) is 11.7. The van der Waals surface area contributed by atoms with Gasteiger partial charge in [0.15, 0.2) is 12.2 Å². The van der Waals surface area contributed by atoms with E-state index in [0.717, 1.165) is 115 Å². The zero-order chi connectivity index (χ0) is 71.9. The molecule has 19 heteroatoms. The first-order valence-electron chi connectivity index (χ1n) is 40.5. The van der Waals surface area contributed by atoms with Gasteiger partial charge in [0.25, 0.3) is 0 Å². The van der Waals surface area contributed by atoms with E-state index in [9.17, 15) is 43.2 Å². The number of phosphoric acid groups is 2. The molecule has 0 radical (unpaired) electrons. The van der Waals surface area contributed by atoms with Crippen LogP contribution in [-0.4, -0.2) is 96.7 Å². The zero-order valence-electron chi connectivity index (χ0n) is 63.4. The molecule has 0 amide bonds. The molecule has 0 aliphatic rings. The zero-order valence-corrected chi connectivity index (χ0v) is 65.2. The molecule has 0 aliphatic heterocycles. The molecule has 0 aliphatic carbocycles. The summed E-state index contributed by atoms with van der Waals surface area (Å²) in [6, 6.07) is 0. The van der Waals surface area contributed by atoms with Crippen LogP contribution in [0.3, 0.4) is 0 Å². The number of hydrogen-bond donors (Lipinski definition) is 3. The highest BCUT2D eigenvalue weighted by Gasteiger charge is 2.30. The Morgan fingerprint density at radius 3 is 0.837 bits per heavy atom. The van der Waals surface area contributed by atoms with Crippen LogP contribution >= 0.6 is 15.6 Å². The maximum absolute atomic E-state index is 13.1. The van der Waals surface area contributed by atoms with Gasteiger partial charge in [-0.25, -0.2) is 9.13 Å². The van der Waals surface area contributed by atoms with Crippen molar-refractivity contribution in [2.45, 2.75) is 412 Å². The summed E-state index contributed by atoms with van der Waals surface area (Å²) in [5.41, 5.74) is 0. The highest BCUT2D eigenvalue weighted by Crippen LogP contribution is 2.45. The summed E-state index contributed by atoms with van der Waals surface area (Å²) in [4.78, 5) is 72.8. The van der Waals surface area contributed by atoms with Gasteiger partial charge < -0.3 is 33.8 Å². The molecule has 0 aromatic carbocycles. The summed E-state index contributed by atoms with van der Waals surface area (Å²) in [7, 11) is -9.92. The minimum atomic E-state index is -4.97. The predicted octanol–water partition coefficient (Wildman–Crippen LogP) is 23.2. The normalized spacial score (nSPS) is 14.1. The number of carbonyl (C=O) groups excluding carboxylic acids is 4. The lowest BCUT2D eigenvalue weighted by molar-refractivity contribution is -0.161. The largest absolute Gasteiger partial charge is 0.472 e. The van der Waals surface area contributed by atoms with Crippen LogP contribution in [0.1, 0.15) is 394 Å². The lowest BCUT2D eigenvalue weighted by atomic mass is 10.0. The minimum absolute atomic E-state index is 0.102. The third kappa shape index (κ3) is 71.9. The first-order valence-corrected chi connectivity index (χ1v) is 43.4. The van der Waals surface area contributed by atoms with Crippen LogP contribution in [0.25, 0.3) is 0 Å². The number of aliphatic hydroxyl groups excluding tert-OH is 1. The average Bonchev–Trinajstić information content (AvgIpc) is 1.03. The fourth-order valence-corrected chi connectivity index (χ4v) is 13.3. The number of esters is 4. The number of hydrogen-bond acceptors (Lipinski definition) is 15. The molecule has 0 aromatic rings. The van der Waals surface area contributed by atoms with Gasteiger partial charge in [0, 0.05) is 25.7 Å². The van der Waals surface area contributed by atoms with E-state index < -0.39 is 97.5 Å². The van der Waals surface area contributed by atoms with Crippen molar-refractivity contribution in [3.8, 4) is 0 Å². The number of allylic oxidation sites excluding steroid dienone is 4. The molecular formula is C79H150O17P2. The van der Waals surface area contributed by atoms with Gasteiger partial charge in [-0.2, -0.15) is 0 Å². The van der Waals surface area contributed by atoms with Gasteiger partial charge in [0.2, 0.25) is 0 Å². The molecule has 578 valence electrons. The van der Waals surface area contributed by atoms with Crippen LogP contribution in [0, 0.1) is 5.92 Å². The highest BCUT2D eigenvalue weighted by atomic mass is 31.2. The van der Waals surface area contributed by atoms with Gasteiger partial charge in [0.1, 0.15) is 19.3 Å².